The molecule has 2 rings (SSSR count). The first-order chi connectivity index (χ1) is 8.79. The Morgan fingerprint density at radius 1 is 1.00 bits per heavy atom. The second kappa shape index (κ2) is 7.63. The monoisotopic (exact) mass is 374 g/mol. The Kier molecular flexibility index (Phi) is 6.15. The van der Waals surface area contributed by atoms with E-state index in [-0.39, 0.29) is 0 Å². The molecule has 0 unspecified atom stereocenters. The Labute approximate surface area is 127 Å². The van der Waals surface area contributed by atoms with Crippen molar-refractivity contribution in [3.63, 3.8) is 0 Å². The van der Waals surface area contributed by atoms with E-state index in [1.165, 1.54) is 49.2 Å². The maximum atomic E-state index is 3.64. The molecule has 0 bridgehead atoms. The van der Waals surface area contributed by atoms with Gasteiger partial charge in [-0.3, -0.25) is 4.90 Å². The van der Waals surface area contributed by atoms with Crippen LogP contribution in [0.3, 0.4) is 0 Å². The molecule has 1 fully saturated rings. The van der Waals surface area contributed by atoms with E-state index >= 15 is 0 Å². The van der Waals surface area contributed by atoms with Crippen molar-refractivity contribution in [2.24, 2.45) is 0 Å². The van der Waals surface area contributed by atoms with Crippen molar-refractivity contribution in [1.82, 2.24) is 9.80 Å². The molecular formula is C14H20Br2N2. The molecule has 1 saturated heterocycles. The summed E-state index contributed by atoms with van der Waals surface area (Å²) in [6.45, 7) is 7.04. The SMILES string of the molecule is BrCCN1CCCN(Cc2ccccc2Br)CC1. The van der Waals surface area contributed by atoms with Gasteiger partial charge in [0.2, 0.25) is 0 Å². The molecule has 18 heavy (non-hydrogen) atoms. The number of halogens is 2. The van der Waals surface area contributed by atoms with Crippen molar-refractivity contribution in [1.29, 1.82) is 0 Å². The largest absolute Gasteiger partial charge is 0.301 e. The molecule has 0 amide bonds. The summed E-state index contributed by atoms with van der Waals surface area (Å²) in [6.07, 6.45) is 1.28. The molecule has 0 N–H and O–H groups in total. The van der Waals surface area contributed by atoms with E-state index in [1.54, 1.807) is 0 Å². The highest BCUT2D eigenvalue weighted by atomic mass is 79.9. The fraction of sp³-hybridized carbons (Fsp3) is 0.571. The Morgan fingerprint density at radius 2 is 1.72 bits per heavy atom. The smallest absolute Gasteiger partial charge is 0.0245 e. The van der Waals surface area contributed by atoms with Crippen LogP contribution in [0, 0.1) is 0 Å². The first-order valence-electron chi connectivity index (χ1n) is 6.53. The van der Waals surface area contributed by atoms with E-state index in [9.17, 15) is 0 Å². The average molecular weight is 376 g/mol. The number of nitrogens with zero attached hydrogens (tertiary/aromatic N) is 2. The molecule has 4 heteroatoms. The Bertz CT molecular complexity index is 371. The minimum atomic E-state index is 1.06. The second-order valence-electron chi connectivity index (χ2n) is 4.75. The lowest BCUT2D eigenvalue weighted by Gasteiger charge is -2.21. The van der Waals surface area contributed by atoms with Gasteiger partial charge in [0.25, 0.3) is 0 Å². The van der Waals surface area contributed by atoms with Crippen LogP contribution in [0.25, 0.3) is 0 Å². The maximum absolute atomic E-state index is 3.64. The number of alkyl halides is 1. The van der Waals surface area contributed by atoms with Crippen LogP contribution in [0.5, 0.6) is 0 Å². The van der Waals surface area contributed by atoms with Gasteiger partial charge in [-0.25, -0.2) is 0 Å². The third kappa shape index (κ3) is 4.34. The third-order valence-corrected chi connectivity index (χ3v) is 4.56. The second-order valence-corrected chi connectivity index (χ2v) is 6.40. The van der Waals surface area contributed by atoms with Crippen molar-refractivity contribution in [3.8, 4) is 0 Å². The lowest BCUT2D eigenvalue weighted by molar-refractivity contribution is 0.258. The van der Waals surface area contributed by atoms with E-state index in [0.717, 1.165) is 11.9 Å². The fourth-order valence-electron chi connectivity index (χ4n) is 2.39. The molecule has 0 spiro atoms. The van der Waals surface area contributed by atoms with Gasteiger partial charge in [0.1, 0.15) is 0 Å². The minimum absolute atomic E-state index is 1.06. The first-order valence-corrected chi connectivity index (χ1v) is 8.45. The maximum Gasteiger partial charge on any atom is 0.0245 e. The van der Waals surface area contributed by atoms with Gasteiger partial charge in [-0.1, -0.05) is 50.1 Å². The summed E-state index contributed by atoms with van der Waals surface area (Å²) in [4.78, 5) is 5.11. The van der Waals surface area contributed by atoms with Gasteiger partial charge in [0.05, 0.1) is 0 Å². The highest BCUT2D eigenvalue weighted by Gasteiger charge is 2.14. The van der Waals surface area contributed by atoms with Gasteiger partial charge in [-0.15, -0.1) is 0 Å². The van der Waals surface area contributed by atoms with Crippen molar-refractivity contribution >= 4 is 31.9 Å². The molecule has 0 aliphatic carbocycles. The molecular weight excluding hydrogens is 356 g/mol. The summed E-state index contributed by atoms with van der Waals surface area (Å²) in [7, 11) is 0. The van der Waals surface area contributed by atoms with E-state index in [0.29, 0.717) is 0 Å². The summed E-state index contributed by atoms with van der Waals surface area (Å²) in [5, 5.41) is 1.08. The van der Waals surface area contributed by atoms with Crippen molar-refractivity contribution in [2.75, 3.05) is 38.1 Å². The van der Waals surface area contributed by atoms with Crippen molar-refractivity contribution in [2.45, 2.75) is 13.0 Å². The molecule has 1 aliphatic rings. The van der Waals surface area contributed by atoms with Crippen LogP contribution in [0.2, 0.25) is 0 Å². The Balaban J connectivity index is 1.89. The van der Waals surface area contributed by atoms with Crippen LogP contribution in [-0.4, -0.2) is 47.9 Å². The van der Waals surface area contributed by atoms with Crippen LogP contribution >= 0.6 is 31.9 Å². The van der Waals surface area contributed by atoms with Crippen LogP contribution in [0.1, 0.15) is 12.0 Å². The van der Waals surface area contributed by atoms with Gasteiger partial charge in [0.15, 0.2) is 0 Å². The normalized spacial score (nSPS) is 18.8. The zero-order chi connectivity index (χ0) is 12.8. The highest BCUT2D eigenvalue weighted by Crippen LogP contribution is 2.18. The zero-order valence-corrected chi connectivity index (χ0v) is 13.8. The zero-order valence-electron chi connectivity index (χ0n) is 10.6. The average Bonchev–Trinajstić information content (AvgIpc) is 2.59. The molecule has 0 atom stereocenters. The van der Waals surface area contributed by atoms with Gasteiger partial charge in [0, 0.05) is 36.0 Å². The molecule has 1 aromatic carbocycles. The van der Waals surface area contributed by atoms with Gasteiger partial charge >= 0.3 is 0 Å². The number of benzene rings is 1. The van der Waals surface area contributed by atoms with E-state index in [2.05, 4.69) is 65.9 Å². The number of rotatable bonds is 4. The molecule has 100 valence electrons. The van der Waals surface area contributed by atoms with Crippen LogP contribution in [0.4, 0.5) is 0 Å². The number of hydrogen-bond acceptors (Lipinski definition) is 2. The summed E-state index contributed by atoms with van der Waals surface area (Å²) in [5.74, 6) is 0. The molecule has 0 radical (unpaired) electrons. The Morgan fingerprint density at radius 3 is 2.50 bits per heavy atom. The Hall–Kier alpha value is 0.100. The predicted molar refractivity (Wildman–Crippen MR) is 84.3 cm³/mol. The van der Waals surface area contributed by atoms with E-state index in [1.807, 2.05) is 0 Å². The third-order valence-electron chi connectivity index (χ3n) is 3.43. The molecule has 0 aromatic heterocycles. The van der Waals surface area contributed by atoms with E-state index < -0.39 is 0 Å². The number of hydrogen-bond donors (Lipinski definition) is 0. The minimum Gasteiger partial charge on any atom is -0.301 e. The summed E-state index contributed by atoms with van der Waals surface area (Å²) in [6, 6.07) is 8.54. The molecule has 1 aromatic rings. The summed E-state index contributed by atoms with van der Waals surface area (Å²) in [5.41, 5.74) is 1.39. The lowest BCUT2D eigenvalue weighted by atomic mass is 10.2. The van der Waals surface area contributed by atoms with Gasteiger partial charge in [-0.05, 0) is 31.1 Å². The topological polar surface area (TPSA) is 6.48 Å². The molecule has 2 nitrogen and oxygen atoms in total. The molecule has 0 saturated carbocycles. The van der Waals surface area contributed by atoms with Gasteiger partial charge < -0.3 is 4.90 Å². The van der Waals surface area contributed by atoms with Crippen LogP contribution in [-0.2, 0) is 6.54 Å². The highest BCUT2D eigenvalue weighted by molar-refractivity contribution is 9.10. The fourth-order valence-corrected chi connectivity index (χ4v) is 3.30. The van der Waals surface area contributed by atoms with Crippen LogP contribution < -0.4 is 0 Å². The van der Waals surface area contributed by atoms with Crippen LogP contribution in [0.15, 0.2) is 28.7 Å². The quantitative estimate of drug-likeness (QED) is 0.744. The lowest BCUT2D eigenvalue weighted by Crippen LogP contribution is -2.31. The van der Waals surface area contributed by atoms with Gasteiger partial charge in [-0.2, -0.15) is 0 Å². The predicted octanol–water partition coefficient (Wildman–Crippen LogP) is 3.35. The first kappa shape index (κ1) is 14.5. The van der Waals surface area contributed by atoms with Crippen molar-refractivity contribution in [3.05, 3.63) is 34.3 Å². The molecule has 1 heterocycles. The molecule has 1 aliphatic heterocycles. The van der Waals surface area contributed by atoms with E-state index in [4.69, 9.17) is 0 Å². The standard InChI is InChI=1S/C14H20Br2N2/c15-6-9-17-7-3-8-18(11-10-17)12-13-4-1-2-5-14(13)16/h1-2,4-5H,3,6-12H2. The van der Waals surface area contributed by atoms with Crippen molar-refractivity contribution < 1.29 is 0 Å². The summed E-state index contributed by atoms with van der Waals surface area (Å²) < 4.78 is 1.23. The summed E-state index contributed by atoms with van der Waals surface area (Å²) >= 11 is 7.16.